The summed E-state index contributed by atoms with van der Waals surface area (Å²) in [5.74, 6) is 0.295. The Morgan fingerprint density at radius 2 is 2.04 bits per heavy atom. The Balaban J connectivity index is 2.26. The highest BCUT2D eigenvalue weighted by Crippen LogP contribution is 2.30. The molecule has 2 rings (SSSR count). The van der Waals surface area contributed by atoms with Gasteiger partial charge in [-0.05, 0) is 30.9 Å². The molecule has 142 valence electrons. The average molecular weight is 455 g/mol. The summed E-state index contributed by atoms with van der Waals surface area (Å²) in [4.78, 5) is 12.5. The van der Waals surface area contributed by atoms with Gasteiger partial charge in [-0.2, -0.15) is 0 Å². The molecule has 0 radical (unpaired) electrons. The number of sulfonamides is 1. The highest BCUT2D eigenvalue weighted by atomic mass is 35.5. The average Bonchev–Trinajstić information content (AvgIpc) is 2.97. The molecule has 1 aromatic carbocycles. The highest BCUT2D eigenvalue weighted by molar-refractivity contribution is 8.01. The van der Waals surface area contributed by atoms with Gasteiger partial charge in [0.15, 0.2) is 4.34 Å². The fraction of sp³-hybridized carbons (Fsp3) is 0.357. The van der Waals surface area contributed by atoms with Gasteiger partial charge >= 0.3 is 0 Å². The van der Waals surface area contributed by atoms with Crippen LogP contribution in [0.3, 0.4) is 0 Å². The minimum atomic E-state index is -3.75. The van der Waals surface area contributed by atoms with Crippen LogP contribution in [-0.2, 0) is 14.8 Å². The third kappa shape index (κ3) is 5.23. The maximum atomic E-state index is 12.5. The fourth-order valence-electron chi connectivity index (χ4n) is 2.08. The van der Waals surface area contributed by atoms with Crippen LogP contribution in [0.25, 0.3) is 0 Å². The molecule has 1 heterocycles. The van der Waals surface area contributed by atoms with E-state index in [9.17, 15) is 13.2 Å². The van der Waals surface area contributed by atoms with Crippen LogP contribution in [-0.4, -0.2) is 42.6 Å². The van der Waals surface area contributed by atoms with Crippen molar-refractivity contribution in [1.82, 2.24) is 10.2 Å². The molecule has 0 aliphatic heterocycles. The first-order valence-electron chi connectivity index (χ1n) is 7.35. The van der Waals surface area contributed by atoms with Gasteiger partial charge < -0.3 is 0 Å². The van der Waals surface area contributed by atoms with E-state index in [0.29, 0.717) is 5.13 Å². The number of hydrogen-bond acceptors (Lipinski definition) is 7. The van der Waals surface area contributed by atoms with Crippen molar-refractivity contribution in [3.63, 3.8) is 0 Å². The minimum absolute atomic E-state index is 0.191. The molecule has 7 nitrogen and oxygen atoms in total. The first-order valence-corrected chi connectivity index (χ1v) is 11.8. The molecule has 0 aliphatic carbocycles. The zero-order valence-corrected chi connectivity index (χ0v) is 18.0. The molecule has 2 aromatic rings. The molecule has 0 aliphatic rings. The van der Waals surface area contributed by atoms with E-state index < -0.39 is 22.0 Å². The lowest BCUT2D eigenvalue weighted by Gasteiger charge is -2.28. The van der Waals surface area contributed by atoms with Crippen LogP contribution in [0.4, 0.5) is 10.8 Å². The first-order chi connectivity index (χ1) is 12.1. The van der Waals surface area contributed by atoms with Gasteiger partial charge in [-0.3, -0.25) is 14.4 Å². The summed E-state index contributed by atoms with van der Waals surface area (Å²) >= 11 is 14.6. The molecule has 1 N–H and O–H groups in total. The summed E-state index contributed by atoms with van der Waals surface area (Å²) in [6.07, 6.45) is 1.01. The quantitative estimate of drug-likeness (QED) is 0.505. The van der Waals surface area contributed by atoms with Crippen LogP contribution < -0.4 is 9.62 Å². The summed E-state index contributed by atoms with van der Waals surface area (Å²) in [5, 5.41) is 11.2. The van der Waals surface area contributed by atoms with Gasteiger partial charge in [0.05, 0.1) is 22.0 Å². The Morgan fingerprint density at radius 3 is 2.62 bits per heavy atom. The maximum absolute atomic E-state index is 12.5. The maximum Gasteiger partial charge on any atom is 0.249 e. The number of rotatable bonds is 7. The Hall–Kier alpha value is -1.07. The summed E-state index contributed by atoms with van der Waals surface area (Å²) in [7, 11) is -3.75. The molecule has 1 amide bonds. The number of carbonyl (C=O) groups is 1. The van der Waals surface area contributed by atoms with E-state index in [4.69, 9.17) is 23.2 Å². The van der Waals surface area contributed by atoms with Gasteiger partial charge in [0, 0.05) is 0 Å². The smallest absolute Gasteiger partial charge is 0.249 e. The standard InChI is InChI=1S/C14H16Cl2N4O3S3/c1-4-24-14-19-18-13(25-14)17-12(21)8(2)20(26(3,22)23)9-5-6-10(15)11(16)7-9/h5-8H,4H2,1-3H3,(H,17,18,21)/t8-/m0/s1. The van der Waals surface area contributed by atoms with Gasteiger partial charge in [-0.1, -0.05) is 53.2 Å². The summed E-state index contributed by atoms with van der Waals surface area (Å²) < 4.78 is 26.2. The fourth-order valence-corrected chi connectivity index (χ4v) is 5.19. The summed E-state index contributed by atoms with van der Waals surface area (Å²) in [6, 6.07) is 3.32. The third-order valence-electron chi connectivity index (χ3n) is 3.15. The number of aromatic nitrogens is 2. The number of amides is 1. The summed E-state index contributed by atoms with van der Waals surface area (Å²) in [5.41, 5.74) is 0.240. The summed E-state index contributed by atoms with van der Waals surface area (Å²) in [6.45, 7) is 3.45. The number of anilines is 2. The van der Waals surface area contributed by atoms with Gasteiger partial charge in [-0.15, -0.1) is 10.2 Å². The van der Waals surface area contributed by atoms with Crippen LogP contribution in [0.1, 0.15) is 13.8 Å². The van der Waals surface area contributed by atoms with E-state index in [1.54, 1.807) is 0 Å². The zero-order valence-electron chi connectivity index (χ0n) is 14.1. The van der Waals surface area contributed by atoms with Crippen LogP contribution in [0.5, 0.6) is 0 Å². The molecule has 0 saturated carbocycles. The van der Waals surface area contributed by atoms with E-state index >= 15 is 0 Å². The van der Waals surface area contributed by atoms with Gasteiger partial charge in [0.2, 0.25) is 21.1 Å². The second-order valence-electron chi connectivity index (χ2n) is 5.13. The van der Waals surface area contributed by atoms with Crippen molar-refractivity contribution in [3.8, 4) is 0 Å². The van der Waals surface area contributed by atoms with Crippen LogP contribution in [0, 0.1) is 0 Å². The second-order valence-corrected chi connectivity index (χ2v) is 10.3. The molecular formula is C14H16Cl2N4O3S3. The molecule has 1 atom stereocenters. The molecule has 26 heavy (non-hydrogen) atoms. The zero-order chi connectivity index (χ0) is 19.5. The SMILES string of the molecule is CCSc1nnc(NC(=O)[C@H](C)N(c2ccc(Cl)c(Cl)c2)S(C)(=O)=O)s1. The van der Waals surface area contributed by atoms with Gasteiger partial charge in [0.1, 0.15) is 6.04 Å². The monoisotopic (exact) mass is 454 g/mol. The predicted octanol–water partition coefficient (Wildman–Crippen LogP) is 3.75. The van der Waals surface area contributed by atoms with Crippen molar-refractivity contribution >= 4 is 73.0 Å². The van der Waals surface area contributed by atoms with Crippen LogP contribution >= 0.6 is 46.3 Å². The van der Waals surface area contributed by atoms with Crippen molar-refractivity contribution in [2.75, 3.05) is 21.6 Å². The van der Waals surface area contributed by atoms with Crippen molar-refractivity contribution < 1.29 is 13.2 Å². The van der Waals surface area contributed by atoms with Gasteiger partial charge in [-0.25, -0.2) is 8.42 Å². The van der Waals surface area contributed by atoms with Crippen molar-refractivity contribution in [2.45, 2.75) is 24.2 Å². The number of carbonyl (C=O) groups excluding carboxylic acids is 1. The lowest BCUT2D eigenvalue weighted by atomic mass is 10.2. The molecule has 0 bridgehead atoms. The van der Waals surface area contributed by atoms with E-state index in [-0.39, 0.29) is 15.7 Å². The lowest BCUT2D eigenvalue weighted by Crippen LogP contribution is -2.45. The minimum Gasteiger partial charge on any atom is -0.299 e. The molecule has 1 aromatic heterocycles. The number of nitrogens with one attached hydrogen (secondary N) is 1. The Labute approximate surface area is 170 Å². The first kappa shape index (κ1) is 21.2. The Bertz CT molecular complexity index is 905. The molecule has 12 heteroatoms. The number of nitrogens with zero attached hydrogens (tertiary/aromatic N) is 3. The largest absolute Gasteiger partial charge is 0.299 e. The van der Waals surface area contributed by atoms with Crippen LogP contribution in [0.2, 0.25) is 10.0 Å². The molecular weight excluding hydrogens is 439 g/mol. The molecule has 0 saturated heterocycles. The predicted molar refractivity (Wildman–Crippen MR) is 108 cm³/mol. The normalized spacial score (nSPS) is 12.7. The second kappa shape index (κ2) is 8.75. The van der Waals surface area contributed by atoms with Crippen LogP contribution in [0.15, 0.2) is 22.5 Å². The molecule has 0 spiro atoms. The molecule has 0 unspecified atom stereocenters. The van der Waals surface area contributed by atoms with E-state index in [0.717, 1.165) is 20.7 Å². The van der Waals surface area contributed by atoms with Gasteiger partial charge in [0.25, 0.3) is 0 Å². The van der Waals surface area contributed by atoms with Crippen molar-refractivity contribution in [1.29, 1.82) is 0 Å². The number of hydrogen-bond donors (Lipinski definition) is 1. The van der Waals surface area contributed by atoms with Crippen molar-refractivity contribution in [2.24, 2.45) is 0 Å². The number of halogens is 2. The van der Waals surface area contributed by atoms with E-state index in [1.807, 2.05) is 6.92 Å². The van der Waals surface area contributed by atoms with Crippen molar-refractivity contribution in [3.05, 3.63) is 28.2 Å². The number of benzene rings is 1. The topological polar surface area (TPSA) is 92.3 Å². The Kier molecular flexibility index (Phi) is 7.14. The lowest BCUT2D eigenvalue weighted by molar-refractivity contribution is -0.116. The third-order valence-corrected chi connectivity index (χ3v) is 6.99. The highest BCUT2D eigenvalue weighted by Gasteiger charge is 2.30. The Morgan fingerprint density at radius 1 is 1.35 bits per heavy atom. The van der Waals surface area contributed by atoms with E-state index in [1.165, 1.54) is 48.2 Å². The molecule has 0 fully saturated rings. The van der Waals surface area contributed by atoms with E-state index in [2.05, 4.69) is 15.5 Å². The number of thioether (sulfide) groups is 1.